The number of ether oxygens (including phenoxy) is 1. The molecule has 2 nitrogen and oxygen atoms in total. The van der Waals surface area contributed by atoms with Crippen LogP contribution in [0.3, 0.4) is 0 Å². The summed E-state index contributed by atoms with van der Waals surface area (Å²) < 4.78 is 5.42. The molecule has 0 aromatic heterocycles. The maximum absolute atomic E-state index is 6.93. The molecule has 0 unspecified atom stereocenters. The molecule has 0 atom stereocenters. The lowest BCUT2D eigenvalue weighted by Gasteiger charge is -2.03. The molecule has 1 N–H and O–H groups in total. The van der Waals surface area contributed by atoms with Crippen molar-refractivity contribution < 1.29 is 4.74 Å². The van der Waals surface area contributed by atoms with Crippen LogP contribution in [0.25, 0.3) is 0 Å². The summed E-state index contributed by atoms with van der Waals surface area (Å²) in [6, 6.07) is 9.78. The van der Waals surface area contributed by atoms with E-state index < -0.39 is 0 Å². The first-order valence-corrected chi connectivity index (χ1v) is 4.26. The highest BCUT2D eigenvalue weighted by atomic mass is 16.5. The molecule has 0 saturated heterocycles. The van der Waals surface area contributed by atoms with E-state index in [1.807, 2.05) is 30.3 Å². The van der Waals surface area contributed by atoms with Crippen LogP contribution in [0.1, 0.15) is 12.8 Å². The Bertz CT molecular complexity index is 198. The van der Waals surface area contributed by atoms with Gasteiger partial charge >= 0.3 is 0 Å². The lowest BCUT2D eigenvalue weighted by atomic mass is 10.3. The number of para-hydroxylation sites is 1. The van der Waals surface area contributed by atoms with Gasteiger partial charge in [-0.3, -0.25) is 5.73 Å². The van der Waals surface area contributed by atoms with Crippen LogP contribution in [-0.2, 0) is 0 Å². The van der Waals surface area contributed by atoms with Gasteiger partial charge in [-0.15, -0.1) is 0 Å². The number of rotatable bonds is 5. The summed E-state index contributed by atoms with van der Waals surface area (Å²) in [5.41, 5.74) is 6.93. The molecule has 1 aromatic carbocycles. The molecule has 2 heteroatoms. The topological polar surface area (TPSA) is 33.0 Å². The summed E-state index contributed by atoms with van der Waals surface area (Å²) in [5, 5.41) is 0. The summed E-state index contributed by atoms with van der Waals surface area (Å²) >= 11 is 0. The molecule has 0 saturated carbocycles. The minimum Gasteiger partial charge on any atom is -0.494 e. The average molecular weight is 164 g/mol. The van der Waals surface area contributed by atoms with Gasteiger partial charge in [-0.2, -0.15) is 0 Å². The average Bonchev–Trinajstić information content (AvgIpc) is 2.14. The molecule has 0 bridgehead atoms. The van der Waals surface area contributed by atoms with Gasteiger partial charge in [0.25, 0.3) is 0 Å². The van der Waals surface area contributed by atoms with Gasteiger partial charge < -0.3 is 4.74 Å². The number of unbranched alkanes of at least 4 members (excludes halogenated alkanes) is 1. The molecular weight excluding hydrogens is 150 g/mol. The molecule has 0 amide bonds. The van der Waals surface area contributed by atoms with Crippen molar-refractivity contribution >= 4 is 0 Å². The fourth-order valence-electron chi connectivity index (χ4n) is 0.934. The molecule has 0 fully saturated rings. The third-order valence-corrected chi connectivity index (χ3v) is 1.58. The van der Waals surface area contributed by atoms with Gasteiger partial charge in [-0.1, -0.05) is 18.2 Å². The Kier molecular flexibility index (Phi) is 4.24. The molecule has 0 spiro atoms. The van der Waals surface area contributed by atoms with E-state index in [2.05, 4.69) is 0 Å². The van der Waals surface area contributed by atoms with E-state index in [1.165, 1.54) is 0 Å². The summed E-state index contributed by atoms with van der Waals surface area (Å²) in [5.74, 6) is 0.919. The normalized spacial score (nSPS) is 9.75. The van der Waals surface area contributed by atoms with Crippen molar-refractivity contribution in [2.75, 3.05) is 13.2 Å². The van der Waals surface area contributed by atoms with Crippen molar-refractivity contribution in [3.8, 4) is 5.75 Å². The van der Waals surface area contributed by atoms with E-state index in [0.29, 0.717) is 6.54 Å². The summed E-state index contributed by atoms with van der Waals surface area (Å²) in [7, 11) is 0. The van der Waals surface area contributed by atoms with Crippen LogP contribution in [0.4, 0.5) is 0 Å². The lowest BCUT2D eigenvalue weighted by Crippen LogP contribution is -1.98. The van der Waals surface area contributed by atoms with Crippen LogP contribution in [0.5, 0.6) is 5.75 Å². The van der Waals surface area contributed by atoms with E-state index in [0.717, 1.165) is 25.2 Å². The van der Waals surface area contributed by atoms with E-state index in [4.69, 9.17) is 10.5 Å². The number of hydrogen-bond acceptors (Lipinski definition) is 1. The second-order valence-electron chi connectivity index (χ2n) is 2.62. The van der Waals surface area contributed by atoms with Gasteiger partial charge in [0.1, 0.15) is 5.75 Å². The smallest absolute Gasteiger partial charge is 0.119 e. The number of hydrogen-bond donors (Lipinski definition) is 0. The Hall–Kier alpha value is -1.02. The molecule has 0 aliphatic rings. The Morgan fingerprint density at radius 2 is 1.83 bits per heavy atom. The maximum Gasteiger partial charge on any atom is 0.119 e. The van der Waals surface area contributed by atoms with Crippen molar-refractivity contribution in [1.29, 1.82) is 0 Å². The zero-order valence-electron chi connectivity index (χ0n) is 7.12. The van der Waals surface area contributed by atoms with E-state index >= 15 is 0 Å². The van der Waals surface area contributed by atoms with E-state index in [-0.39, 0.29) is 0 Å². The molecule has 0 aliphatic carbocycles. The fraction of sp³-hybridized carbons (Fsp3) is 0.400. The van der Waals surface area contributed by atoms with Crippen LogP contribution >= 0.6 is 0 Å². The third kappa shape index (κ3) is 3.39. The van der Waals surface area contributed by atoms with Crippen LogP contribution < -0.4 is 10.5 Å². The SMILES string of the molecule is [NH]CCCCOc1ccccc1. The van der Waals surface area contributed by atoms with Crippen molar-refractivity contribution in [3.63, 3.8) is 0 Å². The van der Waals surface area contributed by atoms with Crippen molar-refractivity contribution in [2.45, 2.75) is 12.8 Å². The van der Waals surface area contributed by atoms with Crippen molar-refractivity contribution in [2.24, 2.45) is 0 Å². The zero-order valence-corrected chi connectivity index (χ0v) is 7.12. The standard InChI is InChI=1S/C10H14NO/c11-8-4-5-9-12-10-6-2-1-3-7-10/h1-3,6-7,11H,4-5,8-9H2. The predicted octanol–water partition coefficient (Wildman–Crippen LogP) is 2.13. The molecule has 1 rings (SSSR count). The Balaban J connectivity index is 2.16. The van der Waals surface area contributed by atoms with Gasteiger partial charge in [0.05, 0.1) is 6.61 Å². The highest BCUT2D eigenvalue weighted by Gasteiger charge is 1.90. The Morgan fingerprint density at radius 3 is 2.50 bits per heavy atom. The molecule has 1 radical (unpaired) electrons. The van der Waals surface area contributed by atoms with Crippen LogP contribution in [0.2, 0.25) is 0 Å². The highest BCUT2D eigenvalue weighted by molar-refractivity contribution is 5.20. The first-order chi connectivity index (χ1) is 5.93. The first-order valence-electron chi connectivity index (χ1n) is 4.26. The van der Waals surface area contributed by atoms with Gasteiger partial charge in [0, 0.05) is 6.54 Å². The van der Waals surface area contributed by atoms with Crippen molar-refractivity contribution in [3.05, 3.63) is 30.3 Å². The number of nitrogens with one attached hydrogen (secondary N) is 1. The first kappa shape index (κ1) is 9.07. The Labute approximate surface area is 73.3 Å². The largest absolute Gasteiger partial charge is 0.494 e. The van der Waals surface area contributed by atoms with Gasteiger partial charge in [-0.05, 0) is 25.0 Å². The molecule has 0 aliphatic heterocycles. The maximum atomic E-state index is 6.93. The molecule has 1 aromatic rings. The molecular formula is C10H14NO. The second-order valence-corrected chi connectivity index (χ2v) is 2.62. The molecule has 65 valence electrons. The summed E-state index contributed by atoms with van der Waals surface area (Å²) in [4.78, 5) is 0. The van der Waals surface area contributed by atoms with Gasteiger partial charge in [-0.25, -0.2) is 0 Å². The van der Waals surface area contributed by atoms with E-state index in [9.17, 15) is 0 Å². The van der Waals surface area contributed by atoms with Gasteiger partial charge in [0.15, 0.2) is 0 Å². The minimum absolute atomic E-state index is 0.498. The lowest BCUT2D eigenvalue weighted by molar-refractivity contribution is 0.307. The Morgan fingerprint density at radius 1 is 1.08 bits per heavy atom. The minimum atomic E-state index is 0.498. The molecule has 0 heterocycles. The van der Waals surface area contributed by atoms with Gasteiger partial charge in [0.2, 0.25) is 0 Å². The fourth-order valence-corrected chi connectivity index (χ4v) is 0.934. The summed E-state index contributed by atoms with van der Waals surface area (Å²) in [6.07, 6.45) is 1.89. The number of benzene rings is 1. The predicted molar refractivity (Wildman–Crippen MR) is 49.1 cm³/mol. The second kappa shape index (κ2) is 5.61. The molecule has 12 heavy (non-hydrogen) atoms. The zero-order chi connectivity index (χ0) is 8.65. The van der Waals surface area contributed by atoms with Crippen LogP contribution in [0, 0.1) is 0 Å². The van der Waals surface area contributed by atoms with Crippen LogP contribution in [-0.4, -0.2) is 13.2 Å². The van der Waals surface area contributed by atoms with Crippen LogP contribution in [0.15, 0.2) is 30.3 Å². The van der Waals surface area contributed by atoms with Crippen molar-refractivity contribution in [1.82, 2.24) is 5.73 Å². The third-order valence-electron chi connectivity index (χ3n) is 1.58. The quantitative estimate of drug-likeness (QED) is 0.613. The summed E-state index contributed by atoms with van der Waals surface area (Å²) in [6.45, 7) is 1.22. The monoisotopic (exact) mass is 164 g/mol. The van der Waals surface area contributed by atoms with E-state index in [1.54, 1.807) is 0 Å². The highest BCUT2D eigenvalue weighted by Crippen LogP contribution is 2.08.